The molecular weight excluding hydrogens is 252 g/mol. The van der Waals surface area contributed by atoms with Gasteiger partial charge in [-0.15, -0.1) is 11.3 Å². The van der Waals surface area contributed by atoms with Gasteiger partial charge < -0.3 is 10.4 Å². The molecule has 0 radical (unpaired) electrons. The van der Waals surface area contributed by atoms with Gasteiger partial charge in [0.25, 0.3) is 0 Å². The van der Waals surface area contributed by atoms with Crippen LogP contribution < -0.4 is 5.32 Å². The van der Waals surface area contributed by atoms with Crippen molar-refractivity contribution in [3.8, 4) is 0 Å². The van der Waals surface area contributed by atoms with Crippen LogP contribution in [0.5, 0.6) is 0 Å². The third kappa shape index (κ3) is 2.62. The largest absolute Gasteiger partial charge is 0.477 e. The van der Waals surface area contributed by atoms with E-state index in [1.54, 1.807) is 0 Å². The van der Waals surface area contributed by atoms with E-state index in [-0.39, 0.29) is 11.6 Å². The van der Waals surface area contributed by atoms with Gasteiger partial charge >= 0.3 is 5.97 Å². The Morgan fingerprint density at radius 2 is 2.33 bits per heavy atom. The molecule has 0 saturated carbocycles. The van der Waals surface area contributed by atoms with Crippen LogP contribution in [0.2, 0.25) is 0 Å². The quantitative estimate of drug-likeness (QED) is 0.879. The Kier molecular flexibility index (Phi) is 3.52. The molecule has 0 aliphatic carbocycles. The number of anilines is 1. The average Bonchev–Trinajstić information content (AvgIpc) is 2.76. The Balaban J connectivity index is 2.21. The number of carboxylic acid groups (broad SMARTS) is 1. The lowest BCUT2D eigenvalue weighted by molar-refractivity contribution is 0.0697. The molecule has 2 aromatic heterocycles. The van der Waals surface area contributed by atoms with E-state index in [0.717, 1.165) is 10.7 Å². The maximum Gasteiger partial charge on any atom is 0.341 e. The van der Waals surface area contributed by atoms with E-state index in [0.29, 0.717) is 5.82 Å². The van der Waals surface area contributed by atoms with Gasteiger partial charge in [-0.3, -0.25) is 0 Å². The predicted octanol–water partition coefficient (Wildman–Crippen LogP) is 2.11. The molecule has 2 heterocycles. The molecule has 2 rings (SSSR count). The summed E-state index contributed by atoms with van der Waals surface area (Å²) in [6.45, 7) is 3.83. The van der Waals surface area contributed by atoms with Crippen LogP contribution in [0, 0.1) is 6.92 Å². The lowest BCUT2D eigenvalue weighted by atomic mass is 10.3. The molecule has 0 bridgehead atoms. The highest BCUT2D eigenvalue weighted by atomic mass is 32.1. The predicted molar refractivity (Wildman–Crippen MR) is 67.9 cm³/mol. The van der Waals surface area contributed by atoms with Crippen LogP contribution in [0.15, 0.2) is 17.9 Å². The fourth-order valence-corrected chi connectivity index (χ4v) is 2.24. The Morgan fingerprint density at radius 1 is 1.56 bits per heavy atom. The molecule has 18 heavy (non-hydrogen) atoms. The van der Waals surface area contributed by atoms with Crippen LogP contribution in [-0.2, 0) is 0 Å². The molecule has 6 nitrogen and oxygen atoms in total. The smallest absolute Gasteiger partial charge is 0.341 e. The van der Waals surface area contributed by atoms with Crippen molar-refractivity contribution in [1.82, 2.24) is 15.0 Å². The fourth-order valence-electron chi connectivity index (χ4n) is 1.44. The SMILES string of the molecule is Cc1csc(C(C)Nc2ncncc2C(=O)O)n1. The molecule has 0 fully saturated rings. The van der Waals surface area contributed by atoms with Gasteiger partial charge in [-0.2, -0.15) is 0 Å². The Labute approximate surface area is 108 Å². The normalized spacial score (nSPS) is 12.1. The summed E-state index contributed by atoms with van der Waals surface area (Å²) in [6, 6.07) is -0.100. The molecule has 1 atom stereocenters. The number of nitrogens with one attached hydrogen (secondary N) is 1. The number of aryl methyl sites for hydroxylation is 1. The molecule has 0 spiro atoms. The van der Waals surface area contributed by atoms with E-state index in [9.17, 15) is 4.79 Å². The summed E-state index contributed by atoms with van der Waals surface area (Å²) in [4.78, 5) is 23.0. The number of rotatable bonds is 4. The van der Waals surface area contributed by atoms with Crippen molar-refractivity contribution in [2.45, 2.75) is 19.9 Å². The molecule has 0 aliphatic heterocycles. The van der Waals surface area contributed by atoms with Crippen LogP contribution in [0.4, 0.5) is 5.82 Å². The van der Waals surface area contributed by atoms with Crippen molar-refractivity contribution >= 4 is 23.1 Å². The Morgan fingerprint density at radius 3 is 2.94 bits per heavy atom. The van der Waals surface area contributed by atoms with E-state index in [1.807, 2.05) is 19.2 Å². The molecule has 7 heteroatoms. The second kappa shape index (κ2) is 5.09. The molecule has 2 aromatic rings. The number of hydrogen-bond acceptors (Lipinski definition) is 6. The standard InChI is InChI=1S/C11H12N4O2S/c1-6-4-18-10(14-6)7(2)15-9-8(11(16)17)3-12-5-13-9/h3-5,7H,1-2H3,(H,16,17)(H,12,13,15). The van der Waals surface area contributed by atoms with Gasteiger partial charge in [0.1, 0.15) is 22.7 Å². The van der Waals surface area contributed by atoms with Gasteiger partial charge in [0, 0.05) is 17.3 Å². The first-order valence-electron chi connectivity index (χ1n) is 5.30. The summed E-state index contributed by atoms with van der Waals surface area (Å²) in [6.07, 6.45) is 2.59. The summed E-state index contributed by atoms with van der Waals surface area (Å²) in [5.74, 6) is -0.751. The first-order chi connectivity index (χ1) is 8.58. The number of aromatic nitrogens is 3. The van der Waals surface area contributed by atoms with Gasteiger partial charge in [0.2, 0.25) is 0 Å². The fraction of sp³-hybridized carbons (Fsp3) is 0.273. The lowest BCUT2D eigenvalue weighted by Crippen LogP contribution is -2.12. The highest BCUT2D eigenvalue weighted by molar-refractivity contribution is 7.09. The molecular formula is C11H12N4O2S. The summed E-state index contributed by atoms with van der Waals surface area (Å²) in [7, 11) is 0. The van der Waals surface area contributed by atoms with Gasteiger partial charge in [0.15, 0.2) is 0 Å². The van der Waals surface area contributed by atoms with E-state index in [4.69, 9.17) is 5.11 Å². The maximum atomic E-state index is 11.0. The monoisotopic (exact) mass is 264 g/mol. The van der Waals surface area contributed by atoms with Gasteiger partial charge in [-0.25, -0.2) is 19.7 Å². The van der Waals surface area contributed by atoms with Crippen LogP contribution in [-0.4, -0.2) is 26.0 Å². The van der Waals surface area contributed by atoms with Crippen LogP contribution in [0.1, 0.15) is 34.0 Å². The maximum absolute atomic E-state index is 11.0. The van der Waals surface area contributed by atoms with Gasteiger partial charge in [0.05, 0.1) is 6.04 Å². The van der Waals surface area contributed by atoms with Crippen molar-refractivity contribution in [2.75, 3.05) is 5.32 Å². The number of nitrogens with zero attached hydrogens (tertiary/aromatic N) is 3. The molecule has 0 aliphatic rings. The molecule has 0 amide bonds. The van der Waals surface area contributed by atoms with Gasteiger partial charge in [-0.05, 0) is 13.8 Å². The van der Waals surface area contributed by atoms with Crippen molar-refractivity contribution in [1.29, 1.82) is 0 Å². The van der Waals surface area contributed by atoms with Crippen molar-refractivity contribution in [3.05, 3.63) is 34.2 Å². The third-order valence-corrected chi connectivity index (χ3v) is 3.45. The Hall–Kier alpha value is -2.02. The van der Waals surface area contributed by atoms with Crippen LogP contribution in [0.3, 0.4) is 0 Å². The van der Waals surface area contributed by atoms with Crippen LogP contribution in [0.25, 0.3) is 0 Å². The zero-order valence-electron chi connectivity index (χ0n) is 9.91. The molecule has 0 saturated heterocycles. The zero-order valence-corrected chi connectivity index (χ0v) is 10.7. The zero-order chi connectivity index (χ0) is 13.1. The third-order valence-electron chi connectivity index (χ3n) is 2.30. The minimum atomic E-state index is -1.05. The summed E-state index contributed by atoms with van der Waals surface area (Å²) in [5, 5.41) is 14.9. The number of hydrogen-bond donors (Lipinski definition) is 2. The molecule has 94 valence electrons. The van der Waals surface area contributed by atoms with E-state index < -0.39 is 5.97 Å². The average molecular weight is 264 g/mol. The minimum absolute atomic E-state index is 0.0534. The highest BCUT2D eigenvalue weighted by Gasteiger charge is 2.15. The summed E-state index contributed by atoms with van der Waals surface area (Å²) >= 11 is 1.53. The first kappa shape index (κ1) is 12.4. The van der Waals surface area contributed by atoms with Gasteiger partial charge in [-0.1, -0.05) is 0 Å². The van der Waals surface area contributed by atoms with E-state index in [1.165, 1.54) is 23.9 Å². The second-order valence-electron chi connectivity index (χ2n) is 3.78. The number of aromatic carboxylic acids is 1. The Bertz CT molecular complexity index is 570. The molecule has 1 unspecified atom stereocenters. The number of carbonyl (C=O) groups is 1. The number of thiazole rings is 1. The highest BCUT2D eigenvalue weighted by Crippen LogP contribution is 2.22. The van der Waals surface area contributed by atoms with E-state index >= 15 is 0 Å². The lowest BCUT2D eigenvalue weighted by Gasteiger charge is -2.13. The topological polar surface area (TPSA) is 88.0 Å². The van der Waals surface area contributed by atoms with Crippen LogP contribution >= 0.6 is 11.3 Å². The second-order valence-corrected chi connectivity index (χ2v) is 4.67. The van der Waals surface area contributed by atoms with Crippen molar-refractivity contribution in [3.63, 3.8) is 0 Å². The molecule has 0 aromatic carbocycles. The summed E-state index contributed by atoms with van der Waals surface area (Å²) in [5.41, 5.74) is 1.00. The van der Waals surface area contributed by atoms with Crippen molar-refractivity contribution in [2.24, 2.45) is 0 Å². The first-order valence-corrected chi connectivity index (χ1v) is 6.17. The minimum Gasteiger partial charge on any atom is -0.477 e. The number of carboxylic acids is 1. The van der Waals surface area contributed by atoms with Crippen molar-refractivity contribution < 1.29 is 9.90 Å². The molecule has 2 N–H and O–H groups in total. The summed E-state index contributed by atoms with van der Waals surface area (Å²) < 4.78 is 0. The van der Waals surface area contributed by atoms with E-state index in [2.05, 4.69) is 20.3 Å².